The number of benzene rings is 2. The lowest BCUT2D eigenvalue weighted by molar-refractivity contribution is 0.415. The van der Waals surface area contributed by atoms with E-state index in [4.69, 9.17) is 16.3 Å². The first-order chi connectivity index (χ1) is 8.78. The summed E-state index contributed by atoms with van der Waals surface area (Å²) in [6, 6.07) is 14.7. The number of methoxy groups -OCH3 is 1. The number of hydrogen-bond acceptors (Lipinski definition) is 2. The van der Waals surface area contributed by atoms with Crippen molar-refractivity contribution in [1.82, 2.24) is 0 Å². The molecule has 0 saturated heterocycles. The van der Waals surface area contributed by atoms with Crippen molar-refractivity contribution >= 4 is 17.3 Å². The van der Waals surface area contributed by atoms with Crippen LogP contribution in [-0.4, -0.2) is 7.11 Å². The van der Waals surface area contributed by atoms with Gasteiger partial charge in [-0.15, -0.1) is 0 Å². The molecule has 0 aromatic heterocycles. The molecule has 0 amide bonds. The number of nitrogens with one attached hydrogen (secondary N) is 1. The van der Waals surface area contributed by atoms with Gasteiger partial charge in [0.15, 0.2) is 0 Å². The zero-order chi connectivity index (χ0) is 12.5. The molecule has 18 heavy (non-hydrogen) atoms. The van der Waals surface area contributed by atoms with Crippen molar-refractivity contribution in [3.8, 4) is 5.75 Å². The zero-order valence-electron chi connectivity index (χ0n) is 10.1. The van der Waals surface area contributed by atoms with E-state index < -0.39 is 0 Å². The first-order valence-corrected chi connectivity index (χ1v) is 6.33. The van der Waals surface area contributed by atoms with Gasteiger partial charge in [-0.2, -0.15) is 0 Å². The number of hydrogen-bond donors (Lipinski definition) is 1. The first kappa shape index (κ1) is 11.4. The molecule has 0 saturated carbocycles. The van der Waals surface area contributed by atoms with E-state index in [0.717, 1.165) is 12.2 Å². The molecule has 1 aliphatic rings. The van der Waals surface area contributed by atoms with Crippen LogP contribution < -0.4 is 10.1 Å². The van der Waals surface area contributed by atoms with Crippen molar-refractivity contribution in [1.29, 1.82) is 0 Å². The third-order valence-electron chi connectivity index (χ3n) is 3.35. The van der Waals surface area contributed by atoms with Gasteiger partial charge in [0.2, 0.25) is 0 Å². The summed E-state index contributed by atoms with van der Waals surface area (Å²) in [7, 11) is 1.63. The van der Waals surface area contributed by atoms with E-state index in [0.29, 0.717) is 11.1 Å². The highest BCUT2D eigenvalue weighted by atomic mass is 35.5. The molecule has 2 nitrogen and oxygen atoms in total. The average molecular weight is 260 g/mol. The largest absolute Gasteiger partial charge is 0.495 e. The third kappa shape index (κ3) is 1.93. The summed E-state index contributed by atoms with van der Waals surface area (Å²) in [5.74, 6) is 0.718. The molecule has 1 heterocycles. The molecule has 2 aromatic rings. The molecule has 1 atom stereocenters. The molecule has 1 unspecified atom stereocenters. The van der Waals surface area contributed by atoms with Gasteiger partial charge in [-0.05, 0) is 35.7 Å². The van der Waals surface area contributed by atoms with Gasteiger partial charge < -0.3 is 10.1 Å². The number of halogens is 1. The molecular weight excluding hydrogens is 246 g/mol. The maximum absolute atomic E-state index is 6.17. The van der Waals surface area contributed by atoms with Crippen LogP contribution in [0.25, 0.3) is 0 Å². The number of rotatable bonds is 2. The second-order valence-corrected chi connectivity index (χ2v) is 4.86. The first-order valence-electron chi connectivity index (χ1n) is 5.96. The van der Waals surface area contributed by atoms with Crippen molar-refractivity contribution in [3.63, 3.8) is 0 Å². The lowest BCUT2D eigenvalue weighted by Crippen LogP contribution is -2.05. The fraction of sp³-hybridized carbons (Fsp3) is 0.200. The van der Waals surface area contributed by atoms with Crippen LogP contribution in [0.4, 0.5) is 5.69 Å². The predicted molar refractivity (Wildman–Crippen MR) is 74.5 cm³/mol. The minimum absolute atomic E-state index is 0.297. The van der Waals surface area contributed by atoms with E-state index in [-0.39, 0.29) is 0 Å². The van der Waals surface area contributed by atoms with Gasteiger partial charge in [0.1, 0.15) is 5.75 Å². The Morgan fingerprint density at radius 2 is 2.06 bits per heavy atom. The molecule has 1 N–H and O–H groups in total. The van der Waals surface area contributed by atoms with Crippen molar-refractivity contribution in [2.24, 2.45) is 0 Å². The van der Waals surface area contributed by atoms with Gasteiger partial charge >= 0.3 is 0 Å². The van der Waals surface area contributed by atoms with Crippen LogP contribution in [0.15, 0.2) is 42.5 Å². The van der Waals surface area contributed by atoms with E-state index in [2.05, 4.69) is 35.6 Å². The Bertz CT molecular complexity index is 557. The van der Waals surface area contributed by atoms with E-state index in [9.17, 15) is 0 Å². The van der Waals surface area contributed by atoms with E-state index in [1.807, 2.05) is 12.1 Å². The van der Waals surface area contributed by atoms with Gasteiger partial charge in [0.25, 0.3) is 0 Å². The van der Waals surface area contributed by atoms with Crippen LogP contribution in [0.1, 0.15) is 17.2 Å². The summed E-state index contributed by atoms with van der Waals surface area (Å²) < 4.78 is 5.17. The summed E-state index contributed by atoms with van der Waals surface area (Å²) in [5, 5.41) is 4.18. The van der Waals surface area contributed by atoms with Crippen LogP contribution >= 0.6 is 11.6 Å². The number of anilines is 1. The monoisotopic (exact) mass is 259 g/mol. The molecule has 0 radical (unpaired) electrons. The Balaban J connectivity index is 1.88. The molecule has 2 aromatic carbocycles. The Labute approximate surface area is 112 Å². The van der Waals surface area contributed by atoms with Crippen LogP contribution in [0.3, 0.4) is 0 Å². The maximum Gasteiger partial charge on any atom is 0.137 e. The van der Waals surface area contributed by atoms with Crippen LogP contribution in [0, 0.1) is 0 Å². The minimum atomic E-state index is 0.297. The Morgan fingerprint density at radius 1 is 1.22 bits per heavy atom. The average Bonchev–Trinajstić information content (AvgIpc) is 2.82. The van der Waals surface area contributed by atoms with Crippen LogP contribution in [0.2, 0.25) is 5.02 Å². The van der Waals surface area contributed by atoms with Crippen molar-refractivity contribution < 1.29 is 4.74 Å². The normalized spacial score (nSPS) is 17.1. The van der Waals surface area contributed by atoms with Crippen molar-refractivity contribution in [2.75, 3.05) is 12.4 Å². The summed E-state index contributed by atoms with van der Waals surface area (Å²) >= 11 is 6.17. The summed E-state index contributed by atoms with van der Waals surface area (Å²) in [4.78, 5) is 0. The summed E-state index contributed by atoms with van der Waals surface area (Å²) in [5.41, 5.74) is 3.76. The van der Waals surface area contributed by atoms with Gasteiger partial charge in [-0.1, -0.05) is 35.9 Å². The second-order valence-electron chi connectivity index (χ2n) is 4.45. The molecule has 1 aliphatic heterocycles. The summed E-state index contributed by atoms with van der Waals surface area (Å²) in [6.45, 7) is 0. The van der Waals surface area contributed by atoms with Crippen molar-refractivity contribution in [3.05, 3.63) is 58.6 Å². The lowest BCUT2D eigenvalue weighted by atomic mass is 10.0. The highest BCUT2D eigenvalue weighted by molar-refractivity contribution is 6.32. The Kier molecular flexibility index (Phi) is 2.88. The topological polar surface area (TPSA) is 21.3 Å². The van der Waals surface area contributed by atoms with Gasteiger partial charge in [-0.3, -0.25) is 0 Å². The smallest absolute Gasteiger partial charge is 0.137 e. The molecule has 0 fully saturated rings. The minimum Gasteiger partial charge on any atom is -0.495 e. The highest BCUT2D eigenvalue weighted by Crippen LogP contribution is 2.36. The molecular formula is C15H14ClNO. The molecule has 3 heteroatoms. The van der Waals surface area contributed by atoms with E-state index in [1.165, 1.54) is 16.8 Å². The Hall–Kier alpha value is -1.67. The molecule has 0 aliphatic carbocycles. The lowest BCUT2D eigenvalue weighted by Gasteiger charge is -2.13. The summed E-state index contributed by atoms with van der Waals surface area (Å²) in [6.07, 6.45) is 0.999. The number of ether oxygens (including phenoxy) is 1. The van der Waals surface area contributed by atoms with E-state index >= 15 is 0 Å². The molecule has 0 spiro atoms. The molecule has 92 valence electrons. The van der Waals surface area contributed by atoms with E-state index in [1.54, 1.807) is 7.11 Å². The van der Waals surface area contributed by atoms with Crippen molar-refractivity contribution in [2.45, 2.75) is 12.5 Å². The van der Waals surface area contributed by atoms with Gasteiger partial charge in [0, 0.05) is 5.69 Å². The van der Waals surface area contributed by atoms with Crippen LogP contribution in [0.5, 0.6) is 5.75 Å². The highest BCUT2D eigenvalue weighted by Gasteiger charge is 2.21. The fourth-order valence-corrected chi connectivity index (χ4v) is 2.66. The van der Waals surface area contributed by atoms with Crippen LogP contribution in [-0.2, 0) is 6.42 Å². The van der Waals surface area contributed by atoms with Gasteiger partial charge in [-0.25, -0.2) is 0 Å². The number of para-hydroxylation sites is 1. The molecule has 3 rings (SSSR count). The number of fused-ring (bicyclic) bond motifs is 1. The second kappa shape index (κ2) is 4.54. The quantitative estimate of drug-likeness (QED) is 0.878. The standard InChI is InChI=1S/C15H14ClNO/c1-18-15-7-6-11(8-12(15)16)14-9-10-4-2-3-5-13(10)17-14/h2-8,14,17H,9H2,1H3. The predicted octanol–water partition coefficient (Wildman–Crippen LogP) is 4.06. The Morgan fingerprint density at radius 3 is 2.78 bits per heavy atom. The maximum atomic E-state index is 6.17. The SMILES string of the molecule is COc1ccc(C2Cc3ccccc3N2)cc1Cl. The molecule has 0 bridgehead atoms. The zero-order valence-corrected chi connectivity index (χ0v) is 10.9. The van der Waals surface area contributed by atoms with Gasteiger partial charge in [0.05, 0.1) is 18.2 Å². The third-order valence-corrected chi connectivity index (χ3v) is 3.64. The fourth-order valence-electron chi connectivity index (χ4n) is 2.40.